The predicted molar refractivity (Wildman–Crippen MR) is 94.8 cm³/mol. The van der Waals surface area contributed by atoms with E-state index in [1.54, 1.807) is 36.2 Å². The number of amides is 1. The van der Waals surface area contributed by atoms with Crippen molar-refractivity contribution >= 4 is 17.3 Å². The van der Waals surface area contributed by atoms with E-state index in [1.165, 1.54) is 6.20 Å². The molecule has 0 aliphatic rings. The lowest BCUT2D eigenvalue weighted by Gasteiger charge is -2.15. The maximum Gasteiger partial charge on any atom is 0.267 e. The van der Waals surface area contributed by atoms with Crippen LogP contribution in [0, 0.1) is 25.2 Å². The van der Waals surface area contributed by atoms with Gasteiger partial charge in [0.2, 0.25) is 0 Å². The summed E-state index contributed by atoms with van der Waals surface area (Å²) in [4.78, 5) is 14.0. The second-order valence-corrected chi connectivity index (χ2v) is 5.55. The predicted octanol–water partition coefficient (Wildman–Crippen LogP) is 3.49. The van der Waals surface area contributed by atoms with Crippen molar-refractivity contribution in [1.29, 1.82) is 5.26 Å². The molecule has 0 bridgehead atoms. The minimum absolute atomic E-state index is 0.00875. The Hall–Kier alpha value is -3.26. The lowest BCUT2D eigenvalue weighted by Crippen LogP contribution is -2.18. The average molecular weight is 321 g/mol. The Labute approximate surface area is 141 Å². The maximum atomic E-state index is 12.3. The van der Waals surface area contributed by atoms with Crippen LogP contribution in [0.2, 0.25) is 0 Å². The average Bonchev–Trinajstić information content (AvgIpc) is 2.55. The number of benzene rings is 2. The minimum atomic E-state index is -0.463. The van der Waals surface area contributed by atoms with Crippen molar-refractivity contribution in [1.82, 2.24) is 0 Å². The van der Waals surface area contributed by atoms with Gasteiger partial charge in [0.15, 0.2) is 0 Å². The number of phenolic OH excluding ortho intramolecular Hbond substituents is 1. The van der Waals surface area contributed by atoms with Crippen LogP contribution >= 0.6 is 0 Å². The van der Waals surface area contributed by atoms with Crippen molar-refractivity contribution < 1.29 is 9.90 Å². The van der Waals surface area contributed by atoms with Gasteiger partial charge in [-0.15, -0.1) is 0 Å². The highest BCUT2D eigenvalue weighted by Gasteiger charge is 2.12. The number of carbonyl (C=O) groups excluding carboxylic acids is 1. The van der Waals surface area contributed by atoms with Crippen LogP contribution in [-0.2, 0) is 4.79 Å². The third kappa shape index (κ3) is 4.14. The van der Waals surface area contributed by atoms with Gasteiger partial charge in [-0.3, -0.25) is 4.79 Å². The zero-order valence-corrected chi connectivity index (χ0v) is 13.9. The van der Waals surface area contributed by atoms with E-state index in [4.69, 9.17) is 0 Å². The molecular weight excluding hydrogens is 302 g/mol. The second-order valence-electron chi connectivity index (χ2n) is 5.55. The quantitative estimate of drug-likeness (QED) is 0.667. The summed E-state index contributed by atoms with van der Waals surface area (Å²) in [5, 5.41) is 21.4. The summed E-state index contributed by atoms with van der Waals surface area (Å²) in [6, 6.07) is 14.1. The highest BCUT2D eigenvalue weighted by atomic mass is 16.3. The molecule has 1 amide bonds. The molecule has 0 fully saturated rings. The molecule has 0 atom stereocenters. The zero-order valence-electron chi connectivity index (χ0n) is 13.9. The molecule has 5 heteroatoms. The standard InChI is InChI=1S/C19H19N3O2/c1-13-4-9-18(14(2)10-13)21-19(24)15(11-20)12-22(3)16-5-7-17(23)8-6-16/h4-10,12,23H,1-3H3,(H,21,24)/b15-12-. The molecule has 0 aliphatic heterocycles. The van der Waals surface area contributed by atoms with Crippen molar-refractivity contribution in [2.45, 2.75) is 13.8 Å². The van der Waals surface area contributed by atoms with E-state index in [0.29, 0.717) is 5.69 Å². The molecule has 0 unspecified atom stereocenters. The zero-order chi connectivity index (χ0) is 17.7. The molecule has 0 radical (unpaired) electrons. The number of hydrogen-bond donors (Lipinski definition) is 2. The Morgan fingerprint density at radius 1 is 1.21 bits per heavy atom. The Morgan fingerprint density at radius 3 is 2.46 bits per heavy atom. The summed E-state index contributed by atoms with van der Waals surface area (Å²) in [5.41, 5.74) is 3.46. The lowest BCUT2D eigenvalue weighted by molar-refractivity contribution is -0.112. The van der Waals surface area contributed by atoms with Gasteiger partial charge in [0.25, 0.3) is 5.91 Å². The summed E-state index contributed by atoms with van der Waals surface area (Å²) >= 11 is 0. The van der Waals surface area contributed by atoms with Crippen molar-refractivity contribution in [2.24, 2.45) is 0 Å². The number of aromatic hydroxyl groups is 1. The van der Waals surface area contributed by atoms with Crippen molar-refractivity contribution in [3.05, 3.63) is 65.4 Å². The molecule has 0 saturated carbocycles. The van der Waals surface area contributed by atoms with Crippen LogP contribution < -0.4 is 10.2 Å². The molecule has 0 aromatic heterocycles. The Bertz CT molecular complexity index is 817. The number of nitrogens with zero attached hydrogens (tertiary/aromatic N) is 2. The number of carbonyl (C=O) groups is 1. The number of aryl methyl sites for hydroxylation is 2. The SMILES string of the molecule is Cc1ccc(NC(=O)/C(C#N)=C\N(C)c2ccc(O)cc2)c(C)c1. The van der Waals surface area contributed by atoms with Crippen LogP contribution in [0.25, 0.3) is 0 Å². The van der Waals surface area contributed by atoms with Gasteiger partial charge < -0.3 is 15.3 Å². The fraction of sp³-hybridized carbons (Fsp3) is 0.158. The van der Waals surface area contributed by atoms with Crippen LogP contribution in [0.1, 0.15) is 11.1 Å². The van der Waals surface area contributed by atoms with Crippen molar-refractivity contribution in [2.75, 3.05) is 17.3 Å². The van der Waals surface area contributed by atoms with Crippen LogP contribution in [0.3, 0.4) is 0 Å². The van der Waals surface area contributed by atoms with E-state index in [0.717, 1.165) is 16.8 Å². The fourth-order valence-corrected chi connectivity index (χ4v) is 2.24. The van der Waals surface area contributed by atoms with Gasteiger partial charge in [0, 0.05) is 24.6 Å². The van der Waals surface area contributed by atoms with Gasteiger partial charge in [-0.25, -0.2) is 0 Å². The van der Waals surface area contributed by atoms with Crippen LogP contribution in [-0.4, -0.2) is 18.1 Å². The molecular formula is C19H19N3O2. The van der Waals surface area contributed by atoms with E-state index in [9.17, 15) is 15.2 Å². The van der Waals surface area contributed by atoms with Gasteiger partial charge in [-0.05, 0) is 49.7 Å². The number of rotatable bonds is 4. The number of anilines is 2. The molecule has 0 aliphatic carbocycles. The summed E-state index contributed by atoms with van der Waals surface area (Å²) in [6.45, 7) is 3.88. The molecule has 2 aromatic carbocycles. The maximum absolute atomic E-state index is 12.3. The molecule has 0 saturated heterocycles. The molecule has 2 rings (SSSR count). The first kappa shape index (κ1) is 17.1. The third-order valence-electron chi connectivity index (χ3n) is 3.57. The number of nitriles is 1. The lowest BCUT2D eigenvalue weighted by atomic mass is 10.1. The first-order valence-corrected chi connectivity index (χ1v) is 7.43. The Balaban J connectivity index is 2.19. The first-order chi connectivity index (χ1) is 11.4. The molecule has 5 nitrogen and oxygen atoms in total. The normalized spacial score (nSPS) is 10.8. The summed E-state index contributed by atoms with van der Waals surface area (Å²) in [6.07, 6.45) is 1.46. The summed E-state index contributed by atoms with van der Waals surface area (Å²) in [5.74, 6) is -0.306. The fourth-order valence-electron chi connectivity index (χ4n) is 2.24. The van der Waals surface area contributed by atoms with Crippen LogP contribution in [0.15, 0.2) is 54.2 Å². The highest BCUT2D eigenvalue weighted by Crippen LogP contribution is 2.19. The Kier molecular flexibility index (Phi) is 5.23. The van der Waals surface area contributed by atoms with E-state index >= 15 is 0 Å². The van der Waals surface area contributed by atoms with Crippen LogP contribution in [0.5, 0.6) is 5.75 Å². The van der Waals surface area contributed by atoms with E-state index in [1.807, 2.05) is 38.1 Å². The van der Waals surface area contributed by atoms with Crippen LogP contribution in [0.4, 0.5) is 11.4 Å². The molecule has 2 N–H and O–H groups in total. The van der Waals surface area contributed by atoms with Gasteiger partial charge in [-0.2, -0.15) is 5.26 Å². The topological polar surface area (TPSA) is 76.4 Å². The first-order valence-electron chi connectivity index (χ1n) is 7.43. The molecule has 2 aromatic rings. The van der Waals surface area contributed by atoms with E-state index < -0.39 is 5.91 Å². The van der Waals surface area contributed by atoms with Crippen molar-refractivity contribution in [3.63, 3.8) is 0 Å². The molecule has 0 heterocycles. The minimum Gasteiger partial charge on any atom is -0.508 e. The molecule has 0 spiro atoms. The smallest absolute Gasteiger partial charge is 0.267 e. The largest absolute Gasteiger partial charge is 0.508 e. The number of hydrogen-bond acceptors (Lipinski definition) is 4. The summed E-state index contributed by atoms with van der Waals surface area (Å²) in [7, 11) is 1.73. The molecule has 122 valence electrons. The summed E-state index contributed by atoms with van der Waals surface area (Å²) < 4.78 is 0. The highest BCUT2D eigenvalue weighted by molar-refractivity contribution is 6.07. The van der Waals surface area contributed by atoms with Gasteiger partial charge in [-0.1, -0.05) is 17.7 Å². The van der Waals surface area contributed by atoms with Crippen molar-refractivity contribution in [3.8, 4) is 11.8 Å². The Morgan fingerprint density at radius 2 is 1.88 bits per heavy atom. The van der Waals surface area contributed by atoms with Gasteiger partial charge in [0.05, 0.1) is 0 Å². The number of phenols is 1. The second kappa shape index (κ2) is 7.34. The van der Waals surface area contributed by atoms with Gasteiger partial charge >= 0.3 is 0 Å². The number of nitrogens with one attached hydrogen (secondary N) is 1. The van der Waals surface area contributed by atoms with Gasteiger partial charge in [0.1, 0.15) is 17.4 Å². The molecule has 24 heavy (non-hydrogen) atoms. The van der Waals surface area contributed by atoms with E-state index in [-0.39, 0.29) is 11.3 Å². The van der Waals surface area contributed by atoms with E-state index in [2.05, 4.69) is 5.32 Å². The third-order valence-corrected chi connectivity index (χ3v) is 3.57. The monoisotopic (exact) mass is 321 g/mol.